The summed E-state index contributed by atoms with van der Waals surface area (Å²) < 4.78 is 51.7. The Kier molecular flexibility index (Phi) is 6.02. The first-order valence-electron chi connectivity index (χ1n) is 6.12. The van der Waals surface area contributed by atoms with Gasteiger partial charge >= 0.3 is 18.2 Å². The molecule has 1 aromatic carbocycles. The van der Waals surface area contributed by atoms with Crippen molar-refractivity contribution in [3.05, 3.63) is 29.8 Å². The van der Waals surface area contributed by atoms with Crippen LogP contribution in [0, 0.1) is 0 Å². The van der Waals surface area contributed by atoms with Crippen molar-refractivity contribution < 1.29 is 37.0 Å². The molecule has 0 bridgehead atoms. The van der Waals surface area contributed by atoms with Gasteiger partial charge in [-0.3, -0.25) is 4.79 Å². The molecule has 0 aliphatic heterocycles. The number of primary amides is 1. The predicted molar refractivity (Wildman–Crippen MR) is 67.8 cm³/mol. The Labute approximate surface area is 123 Å². The molecule has 0 spiro atoms. The van der Waals surface area contributed by atoms with Crippen LogP contribution in [0.5, 0.6) is 5.75 Å². The zero-order valence-electron chi connectivity index (χ0n) is 11.6. The third-order valence-corrected chi connectivity index (χ3v) is 2.36. The van der Waals surface area contributed by atoms with Crippen molar-refractivity contribution in [1.82, 2.24) is 0 Å². The number of ether oxygens (including phenoxy) is 3. The summed E-state index contributed by atoms with van der Waals surface area (Å²) in [6.07, 6.45) is -6.80. The van der Waals surface area contributed by atoms with Crippen LogP contribution in [0.4, 0.5) is 18.0 Å². The van der Waals surface area contributed by atoms with E-state index in [1.54, 1.807) is 0 Å². The van der Waals surface area contributed by atoms with Crippen LogP contribution in [0.1, 0.15) is 18.9 Å². The zero-order valence-corrected chi connectivity index (χ0v) is 11.6. The lowest BCUT2D eigenvalue weighted by Crippen LogP contribution is -2.29. The van der Waals surface area contributed by atoms with Crippen molar-refractivity contribution >= 4 is 12.1 Å². The lowest BCUT2D eigenvalue weighted by Gasteiger charge is -2.18. The Balaban J connectivity index is 2.67. The second-order valence-electron chi connectivity index (χ2n) is 4.14. The van der Waals surface area contributed by atoms with Gasteiger partial charge < -0.3 is 19.9 Å². The third-order valence-electron chi connectivity index (χ3n) is 2.36. The van der Waals surface area contributed by atoms with Gasteiger partial charge in [-0.15, -0.1) is 0 Å². The number of benzene rings is 1. The number of esters is 1. The van der Waals surface area contributed by atoms with Crippen LogP contribution in [0.15, 0.2) is 24.3 Å². The average Bonchev–Trinajstić information content (AvgIpc) is 2.37. The van der Waals surface area contributed by atoms with Crippen LogP contribution in [0.3, 0.4) is 0 Å². The molecule has 0 aliphatic carbocycles. The van der Waals surface area contributed by atoms with Crippen LogP contribution in [0.25, 0.3) is 0 Å². The maximum Gasteiger partial charge on any atom is 0.416 e. The van der Waals surface area contributed by atoms with Crippen molar-refractivity contribution in [3.8, 4) is 5.75 Å². The SMILES string of the molecule is CC(=O)OCC[C@@H](OC(N)=O)Oc1ccc(C(F)(F)F)cc1. The van der Waals surface area contributed by atoms with E-state index in [-0.39, 0.29) is 18.8 Å². The van der Waals surface area contributed by atoms with E-state index < -0.39 is 30.1 Å². The quantitative estimate of drug-likeness (QED) is 0.642. The van der Waals surface area contributed by atoms with E-state index in [9.17, 15) is 22.8 Å². The fourth-order valence-electron chi connectivity index (χ4n) is 1.44. The Morgan fingerprint density at radius 3 is 2.27 bits per heavy atom. The second kappa shape index (κ2) is 7.53. The summed E-state index contributed by atoms with van der Waals surface area (Å²) >= 11 is 0. The lowest BCUT2D eigenvalue weighted by atomic mass is 10.2. The smallest absolute Gasteiger partial charge is 0.416 e. The van der Waals surface area contributed by atoms with Crippen LogP contribution in [0.2, 0.25) is 0 Å². The maximum absolute atomic E-state index is 12.4. The molecule has 9 heteroatoms. The zero-order chi connectivity index (χ0) is 16.8. The minimum atomic E-state index is -4.46. The lowest BCUT2D eigenvalue weighted by molar-refractivity contribution is -0.143. The molecular weight excluding hydrogens is 307 g/mol. The van der Waals surface area contributed by atoms with Crippen molar-refractivity contribution in [2.75, 3.05) is 6.61 Å². The number of nitrogens with two attached hydrogens (primary N) is 1. The second-order valence-corrected chi connectivity index (χ2v) is 4.14. The number of hydrogen-bond donors (Lipinski definition) is 1. The number of rotatable bonds is 6. The molecule has 0 fully saturated rings. The highest BCUT2D eigenvalue weighted by molar-refractivity contribution is 5.66. The van der Waals surface area contributed by atoms with E-state index in [0.29, 0.717) is 0 Å². The van der Waals surface area contributed by atoms with Gasteiger partial charge in [0.1, 0.15) is 5.75 Å². The first-order chi connectivity index (χ1) is 10.2. The van der Waals surface area contributed by atoms with Crippen LogP contribution < -0.4 is 10.5 Å². The number of carbonyl (C=O) groups is 2. The Morgan fingerprint density at radius 2 is 1.82 bits per heavy atom. The third kappa shape index (κ3) is 6.33. The van der Waals surface area contributed by atoms with Crippen LogP contribution in [-0.4, -0.2) is 25.0 Å². The molecule has 1 aromatic rings. The van der Waals surface area contributed by atoms with Crippen molar-refractivity contribution in [2.45, 2.75) is 25.8 Å². The Hall–Kier alpha value is -2.45. The fourth-order valence-corrected chi connectivity index (χ4v) is 1.44. The monoisotopic (exact) mass is 321 g/mol. The van der Waals surface area contributed by atoms with Gasteiger partial charge in [-0.05, 0) is 24.3 Å². The van der Waals surface area contributed by atoms with Crippen LogP contribution in [-0.2, 0) is 20.4 Å². The number of hydrogen-bond acceptors (Lipinski definition) is 5. The summed E-state index contributed by atoms with van der Waals surface area (Å²) in [5.74, 6) is -0.491. The molecule has 0 aliphatic rings. The van der Waals surface area contributed by atoms with Gasteiger partial charge in [0.2, 0.25) is 6.29 Å². The summed E-state index contributed by atoms with van der Waals surface area (Å²) in [4.78, 5) is 21.4. The molecule has 122 valence electrons. The molecule has 1 atom stereocenters. The maximum atomic E-state index is 12.4. The molecular formula is C13H14F3NO5. The molecule has 0 aromatic heterocycles. The largest absolute Gasteiger partial charge is 0.466 e. The molecule has 0 saturated carbocycles. The molecule has 22 heavy (non-hydrogen) atoms. The highest BCUT2D eigenvalue weighted by Gasteiger charge is 2.30. The summed E-state index contributed by atoms with van der Waals surface area (Å²) in [5, 5.41) is 0. The van der Waals surface area contributed by atoms with E-state index in [4.69, 9.17) is 10.5 Å². The number of amides is 1. The summed E-state index contributed by atoms with van der Waals surface area (Å²) in [6.45, 7) is 1.09. The van der Waals surface area contributed by atoms with Gasteiger partial charge in [-0.1, -0.05) is 0 Å². The minimum absolute atomic E-state index is 0.0243. The molecule has 0 heterocycles. The number of halogens is 3. The van der Waals surface area contributed by atoms with Gasteiger partial charge in [0.15, 0.2) is 0 Å². The first-order valence-corrected chi connectivity index (χ1v) is 6.12. The number of carbonyl (C=O) groups excluding carboxylic acids is 2. The predicted octanol–water partition coefficient (Wildman–Crippen LogP) is 2.46. The average molecular weight is 321 g/mol. The normalized spacial score (nSPS) is 12.4. The van der Waals surface area contributed by atoms with Gasteiger partial charge in [0.25, 0.3) is 0 Å². The van der Waals surface area contributed by atoms with Crippen LogP contribution >= 0.6 is 0 Å². The molecule has 6 nitrogen and oxygen atoms in total. The molecule has 0 unspecified atom stereocenters. The fraction of sp³-hybridized carbons (Fsp3) is 0.385. The van der Waals surface area contributed by atoms with E-state index in [1.807, 2.05) is 0 Å². The Morgan fingerprint density at radius 1 is 1.23 bits per heavy atom. The minimum Gasteiger partial charge on any atom is -0.466 e. The van der Waals surface area contributed by atoms with Crippen molar-refractivity contribution in [1.29, 1.82) is 0 Å². The molecule has 0 saturated heterocycles. The number of alkyl halides is 3. The van der Waals surface area contributed by atoms with Gasteiger partial charge in [0, 0.05) is 6.92 Å². The van der Waals surface area contributed by atoms with Gasteiger partial charge in [0.05, 0.1) is 18.6 Å². The molecule has 2 N–H and O–H groups in total. The molecule has 1 rings (SSSR count). The van der Waals surface area contributed by atoms with Gasteiger partial charge in [-0.25, -0.2) is 4.79 Å². The highest BCUT2D eigenvalue weighted by atomic mass is 19.4. The molecule has 1 amide bonds. The van der Waals surface area contributed by atoms with Crippen molar-refractivity contribution in [3.63, 3.8) is 0 Å². The Bertz CT molecular complexity index is 515. The van der Waals surface area contributed by atoms with Crippen molar-refractivity contribution in [2.24, 2.45) is 5.73 Å². The van der Waals surface area contributed by atoms with Gasteiger partial charge in [-0.2, -0.15) is 13.2 Å². The topological polar surface area (TPSA) is 87.9 Å². The standard InChI is InChI=1S/C13H14F3NO5/c1-8(18)20-7-6-11(22-12(17)19)21-10-4-2-9(3-5-10)13(14,15)16/h2-5,11H,6-7H2,1H3,(H2,17,19)/t11-/m1/s1. The highest BCUT2D eigenvalue weighted by Crippen LogP contribution is 2.30. The summed E-state index contributed by atoms with van der Waals surface area (Å²) in [6, 6.07) is 3.80. The summed E-state index contributed by atoms with van der Waals surface area (Å²) in [7, 11) is 0. The molecule has 0 radical (unpaired) electrons. The van der Waals surface area contributed by atoms with E-state index in [0.717, 1.165) is 24.3 Å². The van der Waals surface area contributed by atoms with E-state index >= 15 is 0 Å². The first kappa shape index (κ1) is 17.6. The van der Waals surface area contributed by atoms with E-state index in [1.165, 1.54) is 6.92 Å². The summed E-state index contributed by atoms with van der Waals surface area (Å²) in [5.41, 5.74) is 4.02. The van der Waals surface area contributed by atoms with E-state index in [2.05, 4.69) is 9.47 Å².